The molecule has 0 aliphatic carbocycles. The average Bonchev–Trinajstić information content (AvgIpc) is 2.45. The standard InChI is InChI=1S/C13H14F3N3O2/c1-4-12(14)13(15,16)21-10-8(6-5-7-9(10)20-12)11-17-19(3)18(11)2/h5-7H,4H2,1-3H3. The normalized spacial score (nSPS) is 23.3. The Bertz CT molecular complexity index is 695. The van der Waals surface area contributed by atoms with E-state index < -0.39 is 18.4 Å². The zero-order valence-electron chi connectivity index (χ0n) is 11.7. The maximum Gasteiger partial charge on any atom is 0.471 e. The molecule has 0 fully saturated rings. The van der Waals surface area contributed by atoms with Gasteiger partial charge < -0.3 is 9.47 Å². The fourth-order valence-corrected chi connectivity index (χ4v) is 2.19. The molecule has 3 rings (SSSR count). The van der Waals surface area contributed by atoms with E-state index in [0.717, 1.165) is 0 Å². The van der Waals surface area contributed by atoms with Gasteiger partial charge in [-0.05, 0) is 12.1 Å². The minimum absolute atomic E-state index is 0.0616. The van der Waals surface area contributed by atoms with Gasteiger partial charge in [-0.3, -0.25) is 4.68 Å². The number of hydrogen-bond donors (Lipinski definition) is 0. The number of nitrogens with zero attached hydrogens (tertiary/aromatic N) is 3. The van der Waals surface area contributed by atoms with Crippen LogP contribution in [0.2, 0.25) is 0 Å². The van der Waals surface area contributed by atoms with E-state index in [4.69, 9.17) is 4.74 Å². The van der Waals surface area contributed by atoms with Crippen molar-refractivity contribution in [1.82, 2.24) is 14.6 Å². The van der Waals surface area contributed by atoms with Crippen LogP contribution in [0.15, 0.2) is 18.2 Å². The molecule has 0 saturated carbocycles. The van der Waals surface area contributed by atoms with E-state index in [-0.39, 0.29) is 11.5 Å². The number of hydrogen-bond acceptors (Lipinski definition) is 3. The summed E-state index contributed by atoms with van der Waals surface area (Å²) in [7, 11) is 3.42. The second kappa shape index (κ2) is 4.19. The SMILES string of the molecule is CCC1(F)Oc2cccc(-c3nn(C)n3C)c2OC1(F)F. The van der Waals surface area contributed by atoms with Crippen LogP contribution in [0.4, 0.5) is 13.2 Å². The smallest absolute Gasteiger partial charge is 0.445 e. The lowest BCUT2D eigenvalue weighted by Crippen LogP contribution is -2.54. The van der Waals surface area contributed by atoms with Crippen LogP contribution in [0.3, 0.4) is 0 Å². The van der Waals surface area contributed by atoms with E-state index in [1.807, 2.05) is 0 Å². The molecule has 1 aliphatic heterocycles. The van der Waals surface area contributed by atoms with E-state index in [2.05, 4.69) is 9.84 Å². The summed E-state index contributed by atoms with van der Waals surface area (Å²) in [6, 6.07) is 4.53. The first-order valence-electron chi connectivity index (χ1n) is 6.43. The van der Waals surface area contributed by atoms with Crippen LogP contribution in [0, 0.1) is 0 Å². The minimum atomic E-state index is -4.07. The topological polar surface area (TPSA) is 41.2 Å². The summed E-state index contributed by atoms with van der Waals surface area (Å²) in [5.74, 6) is -3.00. The molecule has 8 heteroatoms. The molecule has 21 heavy (non-hydrogen) atoms. The van der Waals surface area contributed by atoms with E-state index in [1.165, 1.54) is 17.8 Å². The first-order valence-corrected chi connectivity index (χ1v) is 6.43. The highest BCUT2D eigenvalue weighted by atomic mass is 19.3. The number of halogens is 3. The van der Waals surface area contributed by atoms with Crippen molar-refractivity contribution in [3.05, 3.63) is 18.2 Å². The molecule has 114 valence electrons. The summed E-state index contributed by atoms with van der Waals surface area (Å²) in [6.45, 7) is 1.27. The molecule has 2 heterocycles. The predicted molar refractivity (Wildman–Crippen MR) is 67.9 cm³/mol. The van der Waals surface area contributed by atoms with Gasteiger partial charge in [0.25, 0.3) is 0 Å². The maximum absolute atomic E-state index is 14.2. The lowest BCUT2D eigenvalue weighted by molar-refractivity contribution is -0.340. The Hall–Kier alpha value is -2.12. The third kappa shape index (κ3) is 1.81. The fraction of sp³-hybridized carbons (Fsp3) is 0.462. The third-order valence-corrected chi connectivity index (χ3v) is 3.59. The highest BCUT2D eigenvalue weighted by Gasteiger charge is 2.62. The van der Waals surface area contributed by atoms with Gasteiger partial charge in [-0.2, -0.15) is 13.2 Å². The summed E-state index contributed by atoms with van der Waals surface area (Å²) < 4.78 is 53.1. The van der Waals surface area contributed by atoms with Gasteiger partial charge in [0.2, 0.25) is 0 Å². The van der Waals surface area contributed by atoms with Crippen molar-refractivity contribution in [3.8, 4) is 22.9 Å². The lowest BCUT2D eigenvalue weighted by atomic mass is 10.1. The number of fused-ring (bicyclic) bond motifs is 1. The van der Waals surface area contributed by atoms with E-state index in [0.29, 0.717) is 11.4 Å². The summed E-state index contributed by atoms with van der Waals surface area (Å²) in [6.07, 6.45) is -4.60. The molecule has 0 spiro atoms. The van der Waals surface area contributed by atoms with Gasteiger partial charge >= 0.3 is 12.0 Å². The van der Waals surface area contributed by atoms with Crippen molar-refractivity contribution in [3.63, 3.8) is 0 Å². The van der Waals surface area contributed by atoms with Crippen LogP contribution in [-0.2, 0) is 14.1 Å². The van der Waals surface area contributed by atoms with Crippen LogP contribution < -0.4 is 9.47 Å². The Labute approximate surface area is 118 Å². The molecule has 0 N–H and O–H groups in total. The highest BCUT2D eigenvalue weighted by Crippen LogP contribution is 2.50. The summed E-state index contributed by atoms with van der Waals surface area (Å²) in [5, 5.41) is 4.09. The number of rotatable bonds is 2. The molecule has 1 unspecified atom stereocenters. The molecular weight excluding hydrogens is 287 g/mol. The number of aryl methyl sites for hydroxylation is 1. The van der Waals surface area contributed by atoms with Crippen LogP contribution in [0.25, 0.3) is 11.4 Å². The molecule has 1 aromatic heterocycles. The maximum atomic E-state index is 14.2. The Morgan fingerprint density at radius 1 is 1.19 bits per heavy atom. The van der Waals surface area contributed by atoms with Crippen LogP contribution in [-0.4, -0.2) is 26.5 Å². The molecule has 1 atom stereocenters. The molecule has 0 bridgehead atoms. The number of para-hydroxylation sites is 1. The second-order valence-corrected chi connectivity index (χ2v) is 4.87. The molecule has 5 nitrogen and oxygen atoms in total. The van der Waals surface area contributed by atoms with Crippen molar-refractivity contribution in [2.24, 2.45) is 14.1 Å². The third-order valence-electron chi connectivity index (χ3n) is 3.59. The lowest BCUT2D eigenvalue weighted by Gasteiger charge is -2.37. The van der Waals surface area contributed by atoms with Gasteiger partial charge in [0, 0.05) is 20.5 Å². The Morgan fingerprint density at radius 3 is 2.48 bits per heavy atom. The molecule has 0 radical (unpaired) electrons. The molecule has 1 aliphatic rings. The van der Waals surface area contributed by atoms with E-state index in [9.17, 15) is 13.2 Å². The second-order valence-electron chi connectivity index (χ2n) is 4.87. The Kier molecular flexibility index (Phi) is 2.76. The first-order chi connectivity index (χ1) is 9.79. The molecular formula is C13H14F3N3O2. The molecule has 2 aromatic rings. The van der Waals surface area contributed by atoms with Gasteiger partial charge in [0.15, 0.2) is 17.3 Å². The Balaban J connectivity index is 2.12. The van der Waals surface area contributed by atoms with E-state index >= 15 is 0 Å². The minimum Gasteiger partial charge on any atom is -0.445 e. The van der Waals surface area contributed by atoms with Gasteiger partial charge in [0.1, 0.15) is 0 Å². The molecule has 0 saturated heterocycles. The van der Waals surface area contributed by atoms with Crippen LogP contribution in [0.1, 0.15) is 13.3 Å². The number of alkyl halides is 3. The summed E-state index contributed by atoms with van der Waals surface area (Å²) in [5.41, 5.74) is 0.325. The molecule has 0 amide bonds. The van der Waals surface area contributed by atoms with Gasteiger partial charge in [-0.25, -0.2) is 4.80 Å². The predicted octanol–water partition coefficient (Wildman–Crippen LogP) is 2.87. The average molecular weight is 301 g/mol. The van der Waals surface area contributed by atoms with Crippen molar-refractivity contribution in [1.29, 1.82) is 0 Å². The highest BCUT2D eigenvalue weighted by molar-refractivity contribution is 5.69. The molecule has 1 aromatic carbocycles. The van der Waals surface area contributed by atoms with Crippen LogP contribution >= 0.6 is 0 Å². The zero-order chi connectivity index (χ0) is 15.4. The van der Waals surface area contributed by atoms with Crippen molar-refractivity contribution >= 4 is 0 Å². The quantitative estimate of drug-likeness (QED) is 0.856. The van der Waals surface area contributed by atoms with Crippen molar-refractivity contribution in [2.75, 3.05) is 0 Å². The van der Waals surface area contributed by atoms with Crippen molar-refractivity contribution < 1.29 is 22.6 Å². The zero-order valence-corrected chi connectivity index (χ0v) is 11.7. The van der Waals surface area contributed by atoms with Crippen molar-refractivity contribution in [2.45, 2.75) is 25.3 Å². The van der Waals surface area contributed by atoms with Gasteiger partial charge in [0.05, 0.1) is 5.56 Å². The number of ether oxygens (including phenoxy) is 2. The van der Waals surface area contributed by atoms with E-state index in [1.54, 1.807) is 30.9 Å². The Morgan fingerprint density at radius 2 is 1.90 bits per heavy atom. The monoisotopic (exact) mass is 301 g/mol. The van der Waals surface area contributed by atoms with Gasteiger partial charge in [-0.15, -0.1) is 5.10 Å². The summed E-state index contributed by atoms with van der Waals surface area (Å²) in [4.78, 5) is 1.53. The summed E-state index contributed by atoms with van der Waals surface area (Å²) >= 11 is 0. The number of aromatic nitrogens is 3. The first kappa shape index (κ1) is 13.8. The largest absolute Gasteiger partial charge is 0.471 e. The fourth-order valence-electron chi connectivity index (χ4n) is 2.19. The van der Waals surface area contributed by atoms with Gasteiger partial charge in [-0.1, -0.05) is 13.0 Å². The number of benzene rings is 1. The van der Waals surface area contributed by atoms with Crippen LogP contribution in [0.5, 0.6) is 11.5 Å².